The van der Waals surface area contributed by atoms with Crippen LogP contribution in [0.2, 0.25) is 5.15 Å². The fraction of sp³-hybridized carbons (Fsp3) is 0.158. The standard InChI is InChI=1S/C19H17ClN6O/c1-25-12-14(11-21-25)26-18-15(8-9-16(20)23-18)22-19(26)24-17(27)10-7-13-5-3-2-4-6-13/h2-6,8-9,11-12H,7,10H2,1H3,(H,22,24,27). The smallest absolute Gasteiger partial charge is 0.227 e. The molecule has 0 fully saturated rings. The average Bonchev–Trinajstić information content (AvgIpc) is 3.23. The number of carbonyl (C=O) groups excluding carboxylic acids is 1. The number of nitrogens with zero attached hydrogens (tertiary/aromatic N) is 5. The lowest BCUT2D eigenvalue weighted by atomic mass is 10.1. The molecule has 136 valence electrons. The van der Waals surface area contributed by atoms with E-state index >= 15 is 0 Å². The van der Waals surface area contributed by atoms with Gasteiger partial charge in [-0.25, -0.2) is 9.97 Å². The second-order valence-corrected chi connectivity index (χ2v) is 6.54. The molecule has 0 aliphatic heterocycles. The van der Waals surface area contributed by atoms with Crippen LogP contribution in [0.1, 0.15) is 12.0 Å². The number of fused-ring (bicyclic) bond motifs is 1. The van der Waals surface area contributed by atoms with Crippen molar-refractivity contribution in [1.29, 1.82) is 0 Å². The van der Waals surface area contributed by atoms with Gasteiger partial charge in [-0.1, -0.05) is 41.9 Å². The Balaban J connectivity index is 1.63. The van der Waals surface area contributed by atoms with Crippen molar-refractivity contribution in [1.82, 2.24) is 24.3 Å². The summed E-state index contributed by atoms with van der Waals surface area (Å²) in [5.41, 5.74) is 3.06. The zero-order valence-corrected chi connectivity index (χ0v) is 15.4. The van der Waals surface area contributed by atoms with Crippen molar-refractivity contribution in [3.05, 3.63) is 65.6 Å². The molecule has 0 unspecified atom stereocenters. The van der Waals surface area contributed by atoms with Gasteiger partial charge in [-0.15, -0.1) is 0 Å². The molecular weight excluding hydrogens is 364 g/mol. The highest BCUT2D eigenvalue weighted by molar-refractivity contribution is 6.29. The third-order valence-corrected chi connectivity index (χ3v) is 4.37. The summed E-state index contributed by atoms with van der Waals surface area (Å²) >= 11 is 6.06. The number of hydrogen-bond donors (Lipinski definition) is 1. The van der Waals surface area contributed by atoms with Crippen LogP contribution in [0, 0.1) is 0 Å². The van der Waals surface area contributed by atoms with Gasteiger partial charge >= 0.3 is 0 Å². The quantitative estimate of drug-likeness (QED) is 0.538. The molecule has 4 rings (SSSR count). The highest BCUT2D eigenvalue weighted by Gasteiger charge is 2.17. The molecule has 8 heteroatoms. The number of aromatic nitrogens is 5. The minimum Gasteiger partial charge on any atom is -0.296 e. The van der Waals surface area contributed by atoms with Crippen molar-refractivity contribution >= 4 is 34.6 Å². The lowest BCUT2D eigenvalue weighted by Crippen LogP contribution is -2.16. The lowest BCUT2D eigenvalue weighted by Gasteiger charge is -2.08. The Morgan fingerprint density at radius 3 is 2.70 bits per heavy atom. The number of nitrogens with one attached hydrogen (secondary N) is 1. The summed E-state index contributed by atoms with van der Waals surface area (Å²) in [5, 5.41) is 7.44. The van der Waals surface area contributed by atoms with E-state index in [0.717, 1.165) is 11.3 Å². The number of imidazole rings is 1. The van der Waals surface area contributed by atoms with E-state index in [1.807, 2.05) is 43.6 Å². The summed E-state index contributed by atoms with van der Waals surface area (Å²) in [4.78, 5) is 21.4. The maximum absolute atomic E-state index is 12.5. The number of carbonyl (C=O) groups is 1. The molecule has 7 nitrogen and oxygen atoms in total. The van der Waals surface area contributed by atoms with E-state index in [0.29, 0.717) is 35.1 Å². The van der Waals surface area contributed by atoms with Gasteiger partial charge in [0.05, 0.1) is 11.9 Å². The molecule has 27 heavy (non-hydrogen) atoms. The van der Waals surface area contributed by atoms with Crippen LogP contribution in [0.3, 0.4) is 0 Å². The molecule has 1 N–H and O–H groups in total. The molecule has 0 saturated carbocycles. The zero-order valence-electron chi connectivity index (χ0n) is 14.6. The van der Waals surface area contributed by atoms with Gasteiger partial charge in [0.1, 0.15) is 10.7 Å². The highest BCUT2D eigenvalue weighted by atomic mass is 35.5. The normalized spacial score (nSPS) is 11.0. The van der Waals surface area contributed by atoms with E-state index in [4.69, 9.17) is 11.6 Å². The molecule has 1 aromatic carbocycles. The Morgan fingerprint density at radius 1 is 1.15 bits per heavy atom. The maximum atomic E-state index is 12.5. The second-order valence-electron chi connectivity index (χ2n) is 6.15. The summed E-state index contributed by atoms with van der Waals surface area (Å²) in [6, 6.07) is 13.3. The van der Waals surface area contributed by atoms with Crippen molar-refractivity contribution in [3.63, 3.8) is 0 Å². The van der Waals surface area contributed by atoms with E-state index < -0.39 is 0 Å². The van der Waals surface area contributed by atoms with Gasteiger partial charge in [-0.05, 0) is 24.1 Å². The molecule has 0 atom stereocenters. The highest BCUT2D eigenvalue weighted by Crippen LogP contribution is 2.24. The molecule has 0 bridgehead atoms. The van der Waals surface area contributed by atoms with Gasteiger partial charge < -0.3 is 0 Å². The van der Waals surface area contributed by atoms with E-state index in [2.05, 4.69) is 20.4 Å². The van der Waals surface area contributed by atoms with Crippen LogP contribution in [0.5, 0.6) is 0 Å². The van der Waals surface area contributed by atoms with Crippen LogP contribution in [-0.2, 0) is 18.3 Å². The Kier molecular flexibility index (Phi) is 4.60. The van der Waals surface area contributed by atoms with E-state index in [9.17, 15) is 4.79 Å². The van der Waals surface area contributed by atoms with Crippen molar-refractivity contribution in [3.8, 4) is 5.69 Å². The average molecular weight is 381 g/mol. The van der Waals surface area contributed by atoms with Crippen molar-refractivity contribution in [2.75, 3.05) is 5.32 Å². The first-order valence-corrected chi connectivity index (χ1v) is 8.86. The van der Waals surface area contributed by atoms with E-state index in [-0.39, 0.29) is 5.91 Å². The Labute approximate surface area is 160 Å². The van der Waals surface area contributed by atoms with Gasteiger partial charge in [0.15, 0.2) is 5.65 Å². The van der Waals surface area contributed by atoms with Gasteiger partial charge in [-0.3, -0.25) is 19.4 Å². The number of anilines is 1. The van der Waals surface area contributed by atoms with E-state index in [1.165, 1.54) is 0 Å². The fourth-order valence-electron chi connectivity index (χ4n) is 2.88. The summed E-state index contributed by atoms with van der Waals surface area (Å²) in [6.07, 6.45) is 4.52. The topological polar surface area (TPSA) is 77.6 Å². The second kappa shape index (κ2) is 7.20. The third kappa shape index (κ3) is 3.68. The van der Waals surface area contributed by atoms with Crippen molar-refractivity contribution in [2.45, 2.75) is 12.8 Å². The first-order valence-electron chi connectivity index (χ1n) is 8.48. The summed E-state index contributed by atoms with van der Waals surface area (Å²) in [7, 11) is 1.82. The van der Waals surface area contributed by atoms with Crippen LogP contribution in [0.25, 0.3) is 16.9 Å². The fourth-order valence-corrected chi connectivity index (χ4v) is 3.02. The van der Waals surface area contributed by atoms with Gasteiger partial charge in [0, 0.05) is 19.7 Å². The molecule has 4 aromatic rings. The predicted octanol–water partition coefficient (Wildman–Crippen LogP) is 3.38. The monoisotopic (exact) mass is 380 g/mol. The number of halogens is 1. The first kappa shape index (κ1) is 17.2. The number of aryl methyl sites for hydroxylation is 2. The van der Waals surface area contributed by atoms with Gasteiger partial charge in [0.2, 0.25) is 11.9 Å². The Morgan fingerprint density at radius 2 is 1.96 bits per heavy atom. The van der Waals surface area contributed by atoms with Gasteiger partial charge in [0.25, 0.3) is 0 Å². The lowest BCUT2D eigenvalue weighted by molar-refractivity contribution is -0.116. The molecule has 0 radical (unpaired) electrons. The number of benzene rings is 1. The summed E-state index contributed by atoms with van der Waals surface area (Å²) in [5.74, 6) is 0.274. The molecule has 1 amide bonds. The zero-order chi connectivity index (χ0) is 18.8. The van der Waals surface area contributed by atoms with Crippen molar-refractivity contribution < 1.29 is 4.79 Å². The molecular formula is C19H17ClN6O. The summed E-state index contributed by atoms with van der Waals surface area (Å²) < 4.78 is 3.42. The molecule has 3 aromatic heterocycles. The largest absolute Gasteiger partial charge is 0.296 e. The summed E-state index contributed by atoms with van der Waals surface area (Å²) in [6.45, 7) is 0. The number of pyridine rings is 1. The van der Waals surface area contributed by atoms with Crippen LogP contribution >= 0.6 is 11.6 Å². The van der Waals surface area contributed by atoms with Crippen LogP contribution in [0.15, 0.2) is 54.9 Å². The van der Waals surface area contributed by atoms with Crippen molar-refractivity contribution in [2.24, 2.45) is 7.05 Å². The van der Waals surface area contributed by atoms with Crippen LogP contribution in [0.4, 0.5) is 5.95 Å². The number of rotatable bonds is 5. The first-order chi connectivity index (χ1) is 13.1. The Hall–Kier alpha value is -3.19. The van der Waals surface area contributed by atoms with Crippen LogP contribution < -0.4 is 5.32 Å². The molecule has 0 aliphatic carbocycles. The van der Waals surface area contributed by atoms with Gasteiger partial charge in [-0.2, -0.15) is 5.10 Å². The Bertz CT molecular complexity index is 1100. The van der Waals surface area contributed by atoms with Crippen LogP contribution in [-0.4, -0.2) is 30.2 Å². The van der Waals surface area contributed by atoms with E-state index in [1.54, 1.807) is 27.6 Å². The third-order valence-electron chi connectivity index (χ3n) is 4.15. The minimum atomic E-state index is -0.120. The molecule has 3 heterocycles. The maximum Gasteiger partial charge on any atom is 0.227 e. The number of amides is 1. The predicted molar refractivity (Wildman–Crippen MR) is 104 cm³/mol. The minimum absolute atomic E-state index is 0.120. The number of hydrogen-bond acceptors (Lipinski definition) is 4. The molecule has 0 saturated heterocycles. The SMILES string of the molecule is Cn1cc(-n2c(NC(=O)CCc3ccccc3)nc3ccc(Cl)nc32)cn1. The molecule has 0 aliphatic rings. The molecule has 0 spiro atoms.